The summed E-state index contributed by atoms with van der Waals surface area (Å²) >= 11 is 0. The van der Waals surface area contributed by atoms with Crippen molar-refractivity contribution < 1.29 is 19.8 Å². The van der Waals surface area contributed by atoms with Gasteiger partial charge in [-0.2, -0.15) is 0 Å². The SMILES string of the molecule is CCC1CN(C(CCC(=O)O)C(=O)O)C1. The van der Waals surface area contributed by atoms with Crippen LogP contribution in [0.5, 0.6) is 0 Å². The lowest BCUT2D eigenvalue weighted by atomic mass is 9.94. The molecule has 0 aromatic heterocycles. The van der Waals surface area contributed by atoms with E-state index >= 15 is 0 Å². The lowest BCUT2D eigenvalue weighted by Crippen LogP contribution is -2.54. The van der Waals surface area contributed by atoms with Gasteiger partial charge in [0.2, 0.25) is 0 Å². The van der Waals surface area contributed by atoms with Gasteiger partial charge < -0.3 is 10.2 Å². The summed E-state index contributed by atoms with van der Waals surface area (Å²) in [7, 11) is 0. The number of nitrogens with zero attached hydrogens (tertiary/aromatic N) is 1. The number of carboxylic acids is 2. The van der Waals surface area contributed by atoms with Crippen molar-refractivity contribution >= 4 is 11.9 Å². The quantitative estimate of drug-likeness (QED) is 0.680. The fraction of sp³-hybridized carbons (Fsp3) is 0.800. The lowest BCUT2D eigenvalue weighted by molar-refractivity contribution is -0.147. The smallest absolute Gasteiger partial charge is 0.320 e. The summed E-state index contributed by atoms with van der Waals surface area (Å²) in [6, 6.07) is -0.621. The van der Waals surface area contributed by atoms with E-state index in [1.165, 1.54) is 0 Å². The molecule has 1 unspecified atom stereocenters. The van der Waals surface area contributed by atoms with E-state index in [-0.39, 0.29) is 12.8 Å². The second-order valence-corrected chi connectivity index (χ2v) is 4.01. The zero-order chi connectivity index (χ0) is 11.4. The van der Waals surface area contributed by atoms with Crippen molar-refractivity contribution in [2.75, 3.05) is 13.1 Å². The largest absolute Gasteiger partial charge is 0.481 e. The van der Waals surface area contributed by atoms with Crippen LogP contribution >= 0.6 is 0 Å². The topological polar surface area (TPSA) is 77.8 Å². The highest BCUT2D eigenvalue weighted by atomic mass is 16.4. The molecule has 15 heavy (non-hydrogen) atoms. The Morgan fingerprint density at radius 2 is 2.00 bits per heavy atom. The molecular weight excluding hydrogens is 198 g/mol. The fourth-order valence-electron chi connectivity index (χ4n) is 1.84. The van der Waals surface area contributed by atoms with Gasteiger partial charge in [0.1, 0.15) is 6.04 Å². The Morgan fingerprint density at radius 3 is 2.40 bits per heavy atom. The Labute approximate surface area is 88.7 Å². The van der Waals surface area contributed by atoms with Crippen LogP contribution in [0.25, 0.3) is 0 Å². The molecule has 2 N–H and O–H groups in total. The predicted octanol–water partition coefficient (Wildman–Crippen LogP) is 0.646. The normalized spacial score (nSPS) is 19.5. The molecule has 0 bridgehead atoms. The van der Waals surface area contributed by atoms with Gasteiger partial charge in [0, 0.05) is 19.5 Å². The predicted molar refractivity (Wildman–Crippen MR) is 53.6 cm³/mol. The highest BCUT2D eigenvalue weighted by molar-refractivity contribution is 5.75. The van der Waals surface area contributed by atoms with Gasteiger partial charge in [0.05, 0.1) is 0 Å². The fourth-order valence-corrected chi connectivity index (χ4v) is 1.84. The summed E-state index contributed by atoms with van der Waals surface area (Å²) in [4.78, 5) is 23.1. The minimum atomic E-state index is -0.936. The van der Waals surface area contributed by atoms with Gasteiger partial charge in [-0.1, -0.05) is 13.3 Å². The highest BCUT2D eigenvalue weighted by Gasteiger charge is 2.34. The zero-order valence-corrected chi connectivity index (χ0v) is 8.85. The first-order valence-electron chi connectivity index (χ1n) is 5.23. The van der Waals surface area contributed by atoms with Gasteiger partial charge in [-0.3, -0.25) is 14.5 Å². The maximum atomic E-state index is 10.9. The molecule has 1 saturated heterocycles. The van der Waals surface area contributed by atoms with E-state index in [4.69, 9.17) is 10.2 Å². The Balaban J connectivity index is 2.38. The molecule has 1 fully saturated rings. The molecule has 0 amide bonds. The average molecular weight is 215 g/mol. The van der Waals surface area contributed by atoms with Crippen LogP contribution in [0.4, 0.5) is 0 Å². The van der Waals surface area contributed by atoms with Gasteiger partial charge in [0.25, 0.3) is 0 Å². The molecule has 1 atom stereocenters. The Hall–Kier alpha value is -1.10. The highest BCUT2D eigenvalue weighted by Crippen LogP contribution is 2.23. The maximum absolute atomic E-state index is 10.9. The number of hydrogen-bond acceptors (Lipinski definition) is 3. The minimum absolute atomic E-state index is 0.0791. The molecule has 5 nitrogen and oxygen atoms in total. The van der Waals surface area contributed by atoms with Crippen LogP contribution in [0.2, 0.25) is 0 Å². The molecule has 0 aromatic carbocycles. The Bertz CT molecular complexity index is 248. The van der Waals surface area contributed by atoms with Crippen LogP contribution in [0.1, 0.15) is 26.2 Å². The summed E-state index contributed by atoms with van der Waals surface area (Å²) in [6.07, 6.45) is 1.17. The molecule has 1 heterocycles. The number of aliphatic carboxylic acids is 2. The molecule has 0 saturated carbocycles. The van der Waals surface area contributed by atoms with Crippen LogP contribution < -0.4 is 0 Å². The molecule has 1 aliphatic rings. The average Bonchev–Trinajstić information content (AvgIpc) is 2.07. The van der Waals surface area contributed by atoms with Gasteiger partial charge in [-0.05, 0) is 12.3 Å². The number of carbonyl (C=O) groups is 2. The third-order valence-electron chi connectivity index (χ3n) is 2.92. The van der Waals surface area contributed by atoms with Crippen LogP contribution in [-0.4, -0.2) is 46.2 Å². The Kier molecular flexibility index (Phi) is 4.08. The van der Waals surface area contributed by atoms with E-state index < -0.39 is 18.0 Å². The van der Waals surface area contributed by atoms with Crippen LogP contribution in [-0.2, 0) is 9.59 Å². The van der Waals surface area contributed by atoms with Crippen LogP contribution in [0, 0.1) is 5.92 Å². The summed E-state index contributed by atoms with van der Waals surface area (Å²) in [5.74, 6) is -1.27. The molecule has 5 heteroatoms. The molecule has 1 rings (SSSR count). The number of rotatable bonds is 6. The van der Waals surface area contributed by atoms with E-state index in [1.54, 1.807) is 0 Å². The third kappa shape index (κ3) is 3.20. The van der Waals surface area contributed by atoms with E-state index in [9.17, 15) is 9.59 Å². The third-order valence-corrected chi connectivity index (χ3v) is 2.92. The van der Waals surface area contributed by atoms with Gasteiger partial charge in [0.15, 0.2) is 0 Å². The summed E-state index contributed by atoms with van der Waals surface area (Å²) in [6.45, 7) is 3.65. The van der Waals surface area contributed by atoms with Gasteiger partial charge in [-0.25, -0.2) is 0 Å². The molecule has 86 valence electrons. The maximum Gasteiger partial charge on any atom is 0.320 e. The Morgan fingerprint density at radius 1 is 1.40 bits per heavy atom. The second kappa shape index (κ2) is 5.11. The van der Waals surface area contributed by atoms with E-state index in [0.29, 0.717) is 5.92 Å². The summed E-state index contributed by atoms with van der Waals surface area (Å²) < 4.78 is 0. The summed E-state index contributed by atoms with van der Waals surface area (Å²) in [5, 5.41) is 17.4. The van der Waals surface area contributed by atoms with E-state index in [2.05, 4.69) is 6.92 Å². The van der Waals surface area contributed by atoms with Crippen LogP contribution in [0.15, 0.2) is 0 Å². The van der Waals surface area contributed by atoms with Crippen molar-refractivity contribution in [2.45, 2.75) is 32.2 Å². The zero-order valence-electron chi connectivity index (χ0n) is 8.85. The molecule has 0 aliphatic carbocycles. The first kappa shape index (κ1) is 12.0. The van der Waals surface area contributed by atoms with Crippen molar-refractivity contribution in [3.63, 3.8) is 0 Å². The van der Waals surface area contributed by atoms with Crippen LogP contribution in [0.3, 0.4) is 0 Å². The monoisotopic (exact) mass is 215 g/mol. The number of carboxylic acid groups (broad SMARTS) is 2. The standard InChI is InChI=1S/C10H17NO4/c1-2-7-5-11(6-7)8(10(14)15)3-4-9(12)13/h7-8H,2-6H2,1H3,(H,12,13)(H,14,15). The molecular formula is C10H17NO4. The van der Waals surface area contributed by atoms with Gasteiger partial charge in [-0.15, -0.1) is 0 Å². The molecule has 0 spiro atoms. The van der Waals surface area contributed by atoms with Crippen molar-refractivity contribution in [2.24, 2.45) is 5.92 Å². The van der Waals surface area contributed by atoms with Crippen molar-refractivity contribution in [1.82, 2.24) is 4.90 Å². The van der Waals surface area contributed by atoms with Crippen molar-refractivity contribution in [1.29, 1.82) is 0 Å². The van der Waals surface area contributed by atoms with Gasteiger partial charge >= 0.3 is 11.9 Å². The van der Waals surface area contributed by atoms with E-state index in [0.717, 1.165) is 19.5 Å². The van der Waals surface area contributed by atoms with Crippen molar-refractivity contribution in [3.05, 3.63) is 0 Å². The van der Waals surface area contributed by atoms with E-state index in [1.807, 2.05) is 4.90 Å². The first-order valence-corrected chi connectivity index (χ1v) is 5.23. The molecule has 0 aromatic rings. The first-order chi connectivity index (χ1) is 7.04. The number of hydrogen-bond donors (Lipinski definition) is 2. The number of likely N-dealkylation sites (tertiary alicyclic amines) is 1. The second-order valence-electron chi connectivity index (χ2n) is 4.01. The molecule has 1 aliphatic heterocycles. The molecule has 0 radical (unpaired) electrons. The minimum Gasteiger partial charge on any atom is -0.481 e. The van der Waals surface area contributed by atoms with Crippen molar-refractivity contribution in [3.8, 4) is 0 Å². The summed E-state index contributed by atoms with van der Waals surface area (Å²) in [5.41, 5.74) is 0. The lowest BCUT2D eigenvalue weighted by Gasteiger charge is -2.42.